The maximum atomic E-state index is 12.4. The van der Waals surface area contributed by atoms with Crippen molar-refractivity contribution in [2.75, 3.05) is 0 Å². The number of likely N-dealkylation sites (tertiary alicyclic amines) is 1. The van der Waals surface area contributed by atoms with Crippen molar-refractivity contribution in [2.45, 2.75) is 25.8 Å². The van der Waals surface area contributed by atoms with Crippen molar-refractivity contribution >= 4 is 29.2 Å². The Balaban J connectivity index is 2.22. The summed E-state index contributed by atoms with van der Waals surface area (Å²) in [6.07, 6.45) is 0. The predicted octanol–water partition coefficient (Wildman–Crippen LogP) is 2.01. The lowest BCUT2D eigenvalue weighted by Crippen LogP contribution is -2.41. The molecule has 0 bridgehead atoms. The number of nitrogens with zero attached hydrogens (tertiary/aromatic N) is 1. The van der Waals surface area contributed by atoms with Crippen LogP contribution in [0, 0.1) is 5.92 Å². The molecule has 2 aliphatic rings. The molecule has 3 rings (SSSR count). The Morgan fingerprint density at radius 3 is 2.63 bits per heavy atom. The molecule has 1 saturated heterocycles. The Kier molecular flexibility index (Phi) is 2.54. The van der Waals surface area contributed by atoms with Gasteiger partial charge in [0, 0.05) is 29.3 Å². The summed E-state index contributed by atoms with van der Waals surface area (Å²) in [4.78, 5) is 37.3. The highest BCUT2D eigenvalue weighted by molar-refractivity contribution is 6.33. The van der Waals surface area contributed by atoms with E-state index >= 15 is 0 Å². The van der Waals surface area contributed by atoms with Crippen molar-refractivity contribution in [3.05, 3.63) is 34.3 Å². The summed E-state index contributed by atoms with van der Waals surface area (Å²) in [5.41, 5.74) is 1.25. The first-order valence-corrected chi connectivity index (χ1v) is 6.49. The van der Waals surface area contributed by atoms with Gasteiger partial charge in [-0.15, -0.1) is 0 Å². The standard InChI is InChI=1S/C14H12ClNO3/c1-6-10-11-8(4-3-5-9(11)15)13(18)12(10)16(7(2)17)14(6)19/h3-6,10,12H,1-2H3/t6-,10-,12-/m0/s1. The SMILES string of the molecule is CC(=O)N1C(=O)[C@@H](C)[C@H]2c3c(Cl)cccc3C(=O)[C@H]21. The molecule has 19 heavy (non-hydrogen) atoms. The highest BCUT2D eigenvalue weighted by atomic mass is 35.5. The second-order valence-electron chi connectivity index (χ2n) is 5.05. The Hall–Kier alpha value is -1.68. The first-order valence-electron chi connectivity index (χ1n) is 6.11. The van der Waals surface area contributed by atoms with Gasteiger partial charge >= 0.3 is 0 Å². The van der Waals surface area contributed by atoms with Crippen molar-refractivity contribution in [2.24, 2.45) is 5.92 Å². The number of carbonyl (C=O) groups excluding carboxylic acids is 3. The van der Waals surface area contributed by atoms with Crippen LogP contribution in [0.3, 0.4) is 0 Å². The van der Waals surface area contributed by atoms with E-state index in [1.165, 1.54) is 6.92 Å². The molecular formula is C14H12ClNO3. The molecule has 4 nitrogen and oxygen atoms in total. The van der Waals surface area contributed by atoms with Gasteiger partial charge in [0.05, 0.1) is 0 Å². The summed E-state index contributed by atoms with van der Waals surface area (Å²) >= 11 is 6.17. The Labute approximate surface area is 115 Å². The number of imide groups is 1. The van der Waals surface area contributed by atoms with Gasteiger partial charge in [-0.2, -0.15) is 0 Å². The lowest BCUT2D eigenvalue weighted by Gasteiger charge is -2.18. The minimum absolute atomic E-state index is 0.185. The van der Waals surface area contributed by atoms with Crippen LogP contribution in [0.1, 0.15) is 35.7 Å². The second-order valence-corrected chi connectivity index (χ2v) is 5.46. The van der Waals surface area contributed by atoms with Crippen molar-refractivity contribution < 1.29 is 14.4 Å². The van der Waals surface area contributed by atoms with Crippen LogP contribution in [0.5, 0.6) is 0 Å². The molecule has 3 atom stereocenters. The fourth-order valence-electron chi connectivity index (χ4n) is 3.23. The lowest BCUT2D eigenvalue weighted by atomic mass is 9.89. The first-order chi connectivity index (χ1) is 8.95. The van der Waals surface area contributed by atoms with Crippen LogP contribution in [-0.4, -0.2) is 28.5 Å². The van der Waals surface area contributed by atoms with Crippen LogP contribution in [-0.2, 0) is 9.59 Å². The summed E-state index contributed by atoms with van der Waals surface area (Å²) < 4.78 is 0. The molecule has 0 radical (unpaired) electrons. The minimum atomic E-state index is -0.713. The first kappa shape index (κ1) is 12.4. The maximum absolute atomic E-state index is 12.4. The second kappa shape index (κ2) is 3.90. The topological polar surface area (TPSA) is 54.5 Å². The largest absolute Gasteiger partial charge is 0.292 e. The molecule has 0 aromatic heterocycles. The highest BCUT2D eigenvalue weighted by Gasteiger charge is 2.56. The van der Waals surface area contributed by atoms with Crippen LogP contribution in [0.25, 0.3) is 0 Å². The van der Waals surface area contributed by atoms with Gasteiger partial charge in [0.1, 0.15) is 6.04 Å². The van der Waals surface area contributed by atoms with E-state index in [-0.39, 0.29) is 23.5 Å². The number of ketones is 1. The fraction of sp³-hybridized carbons (Fsp3) is 0.357. The fourth-order valence-corrected chi connectivity index (χ4v) is 3.53. The lowest BCUT2D eigenvalue weighted by molar-refractivity contribution is -0.143. The highest BCUT2D eigenvalue weighted by Crippen LogP contribution is 2.49. The van der Waals surface area contributed by atoms with E-state index in [2.05, 4.69) is 0 Å². The van der Waals surface area contributed by atoms with Gasteiger partial charge in [0.15, 0.2) is 5.78 Å². The molecule has 1 aliphatic carbocycles. The molecule has 1 fully saturated rings. The van der Waals surface area contributed by atoms with E-state index in [9.17, 15) is 14.4 Å². The van der Waals surface area contributed by atoms with E-state index < -0.39 is 12.0 Å². The molecule has 0 unspecified atom stereocenters. The van der Waals surface area contributed by atoms with Crippen molar-refractivity contribution in [1.29, 1.82) is 0 Å². The normalized spacial score (nSPS) is 28.6. The molecular weight excluding hydrogens is 266 g/mol. The smallest absolute Gasteiger partial charge is 0.233 e. The van der Waals surface area contributed by atoms with Gasteiger partial charge in [0.2, 0.25) is 11.8 Å². The zero-order valence-corrected chi connectivity index (χ0v) is 11.3. The number of carbonyl (C=O) groups is 3. The van der Waals surface area contributed by atoms with Crippen LogP contribution in [0.4, 0.5) is 0 Å². The average molecular weight is 278 g/mol. The third kappa shape index (κ3) is 1.43. The number of hydrogen-bond donors (Lipinski definition) is 0. The quantitative estimate of drug-likeness (QED) is 0.729. The monoisotopic (exact) mass is 277 g/mol. The summed E-state index contributed by atoms with van der Waals surface area (Å²) in [5, 5.41) is 0.489. The molecule has 0 N–H and O–H groups in total. The van der Waals surface area contributed by atoms with Crippen LogP contribution in [0.2, 0.25) is 5.02 Å². The van der Waals surface area contributed by atoms with Crippen molar-refractivity contribution in [3.8, 4) is 0 Å². The van der Waals surface area contributed by atoms with E-state index in [4.69, 9.17) is 11.6 Å². The van der Waals surface area contributed by atoms with Gasteiger partial charge < -0.3 is 0 Å². The molecule has 98 valence electrons. The van der Waals surface area contributed by atoms with Gasteiger partial charge in [-0.25, -0.2) is 0 Å². The third-order valence-electron chi connectivity index (χ3n) is 4.04. The minimum Gasteiger partial charge on any atom is -0.292 e. The number of amides is 2. The summed E-state index contributed by atoms with van der Waals surface area (Å²) in [5.74, 6) is -1.58. The number of rotatable bonds is 0. The van der Waals surface area contributed by atoms with E-state index in [0.29, 0.717) is 16.1 Å². The average Bonchev–Trinajstić information content (AvgIpc) is 2.77. The summed E-state index contributed by atoms with van der Waals surface area (Å²) in [7, 11) is 0. The van der Waals surface area contributed by atoms with Gasteiger partial charge in [-0.1, -0.05) is 30.7 Å². The van der Waals surface area contributed by atoms with E-state index in [1.54, 1.807) is 25.1 Å². The Morgan fingerprint density at radius 2 is 2.00 bits per heavy atom. The summed E-state index contributed by atoms with van der Waals surface area (Å²) in [6.45, 7) is 3.06. The molecule has 1 aromatic carbocycles. The number of fused-ring (bicyclic) bond motifs is 3. The van der Waals surface area contributed by atoms with Crippen LogP contribution >= 0.6 is 11.6 Å². The van der Waals surface area contributed by atoms with Gasteiger partial charge in [0.25, 0.3) is 0 Å². The number of hydrogen-bond acceptors (Lipinski definition) is 3. The number of benzene rings is 1. The third-order valence-corrected chi connectivity index (χ3v) is 4.37. The van der Waals surface area contributed by atoms with Gasteiger partial charge in [-0.05, 0) is 11.6 Å². The zero-order valence-electron chi connectivity index (χ0n) is 10.5. The molecule has 2 amide bonds. The molecule has 0 spiro atoms. The van der Waals surface area contributed by atoms with Crippen molar-refractivity contribution in [1.82, 2.24) is 4.90 Å². The van der Waals surface area contributed by atoms with E-state index in [1.807, 2.05) is 0 Å². The van der Waals surface area contributed by atoms with Gasteiger partial charge in [-0.3, -0.25) is 19.3 Å². The van der Waals surface area contributed by atoms with E-state index in [0.717, 1.165) is 4.90 Å². The molecule has 1 aromatic rings. The molecule has 1 heterocycles. The molecule has 1 aliphatic heterocycles. The predicted molar refractivity (Wildman–Crippen MR) is 69.0 cm³/mol. The summed E-state index contributed by atoms with van der Waals surface area (Å²) in [6, 6.07) is 4.42. The Bertz CT molecular complexity index is 625. The molecule has 0 saturated carbocycles. The number of halogens is 1. The zero-order chi connectivity index (χ0) is 13.9. The molecule has 5 heteroatoms. The van der Waals surface area contributed by atoms with Crippen molar-refractivity contribution in [3.63, 3.8) is 0 Å². The number of Topliss-reactive ketones (excluding diaryl/α,β-unsaturated/α-hetero) is 1. The van der Waals surface area contributed by atoms with Crippen LogP contribution < -0.4 is 0 Å². The maximum Gasteiger partial charge on any atom is 0.233 e. The van der Waals surface area contributed by atoms with Crippen LogP contribution in [0.15, 0.2) is 18.2 Å². The Morgan fingerprint density at radius 1 is 1.32 bits per heavy atom.